The molecule has 2 aromatic carbocycles. The van der Waals surface area contributed by atoms with Crippen molar-refractivity contribution in [2.75, 3.05) is 24.6 Å². The summed E-state index contributed by atoms with van der Waals surface area (Å²) in [5, 5.41) is 11.9. The van der Waals surface area contributed by atoms with Crippen molar-refractivity contribution in [2.24, 2.45) is 17.8 Å². The van der Waals surface area contributed by atoms with Crippen LogP contribution in [0.1, 0.15) is 87.2 Å². The van der Waals surface area contributed by atoms with Gasteiger partial charge >= 0.3 is 0 Å². The third-order valence-corrected chi connectivity index (χ3v) is 13.0. The van der Waals surface area contributed by atoms with E-state index in [2.05, 4.69) is 33.6 Å². The SMILES string of the molecule is CC#C[C@@]1(O)CCC[C@H](C)[C@@H](C)S(=O)(=O)NC(=O)c2ccc3c(c2)N(C[C@@H]2CC[C@H]21)C[C@@]1(CCCc2cc(Cl)ccc21)CO3. The topological polar surface area (TPSA) is 95.9 Å². The molecule has 0 unspecified atom stereocenters. The second kappa shape index (κ2) is 11.9. The van der Waals surface area contributed by atoms with E-state index < -0.39 is 26.8 Å². The number of halogens is 1. The van der Waals surface area contributed by atoms with Crippen LogP contribution in [-0.4, -0.2) is 50.0 Å². The van der Waals surface area contributed by atoms with E-state index in [0.717, 1.165) is 42.8 Å². The molecule has 6 rings (SSSR count). The van der Waals surface area contributed by atoms with Gasteiger partial charge in [-0.1, -0.05) is 30.5 Å². The van der Waals surface area contributed by atoms with Crippen molar-refractivity contribution in [1.29, 1.82) is 0 Å². The molecule has 236 valence electrons. The Bertz CT molecular complexity index is 1620. The van der Waals surface area contributed by atoms with Gasteiger partial charge in [-0.3, -0.25) is 4.79 Å². The third kappa shape index (κ3) is 5.72. The normalized spacial score (nSPS) is 33.3. The molecule has 1 amide bonds. The number of benzene rings is 2. The minimum Gasteiger partial charge on any atom is -0.490 e. The molecule has 4 aliphatic rings. The number of hydrogen-bond donors (Lipinski definition) is 2. The average Bonchev–Trinajstić information content (AvgIpc) is 3.11. The lowest BCUT2D eigenvalue weighted by Gasteiger charge is -2.48. The van der Waals surface area contributed by atoms with Gasteiger partial charge in [0.2, 0.25) is 10.0 Å². The molecule has 7 nitrogen and oxygen atoms in total. The van der Waals surface area contributed by atoms with Gasteiger partial charge in [0.25, 0.3) is 5.91 Å². The predicted molar refractivity (Wildman–Crippen MR) is 174 cm³/mol. The molecule has 2 N–H and O–H groups in total. The predicted octanol–water partition coefficient (Wildman–Crippen LogP) is 5.86. The summed E-state index contributed by atoms with van der Waals surface area (Å²) in [6, 6.07) is 11.4. The highest BCUT2D eigenvalue weighted by molar-refractivity contribution is 7.90. The Morgan fingerprint density at radius 2 is 1.91 bits per heavy atom. The first-order chi connectivity index (χ1) is 20.9. The first kappa shape index (κ1) is 31.3. The Labute approximate surface area is 266 Å². The lowest BCUT2D eigenvalue weighted by Crippen LogP contribution is -2.52. The van der Waals surface area contributed by atoms with Crippen molar-refractivity contribution in [3.05, 3.63) is 58.1 Å². The van der Waals surface area contributed by atoms with Gasteiger partial charge in [0.15, 0.2) is 0 Å². The van der Waals surface area contributed by atoms with Crippen molar-refractivity contribution in [2.45, 2.75) is 88.4 Å². The van der Waals surface area contributed by atoms with Gasteiger partial charge in [-0.05, 0) is 119 Å². The molecule has 2 aliphatic heterocycles. The number of aliphatic hydroxyl groups is 1. The maximum atomic E-state index is 13.4. The van der Waals surface area contributed by atoms with Crippen LogP contribution in [-0.2, 0) is 21.9 Å². The van der Waals surface area contributed by atoms with E-state index in [9.17, 15) is 18.3 Å². The van der Waals surface area contributed by atoms with Crippen molar-refractivity contribution in [1.82, 2.24) is 4.72 Å². The van der Waals surface area contributed by atoms with Crippen molar-refractivity contribution in [3.63, 3.8) is 0 Å². The van der Waals surface area contributed by atoms with E-state index in [4.69, 9.17) is 16.3 Å². The molecule has 1 spiro atoms. The number of anilines is 1. The second-order valence-corrected chi connectivity index (χ2v) is 16.1. The molecule has 9 heteroatoms. The van der Waals surface area contributed by atoms with E-state index in [1.165, 1.54) is 11.1 Å². The molecule has 6 atom stereocenters. The van der Waals surface area contributed by atoms with Gasteiger partial charge in [0.05, 0.1) is 17.5 Å². The Balaban J connectivity index is 1.44. The number of ether oxygens (including phenoxy) is 1. The van der Waals surface area contributed by atoms with Crippen LogP contribution >= 0.6 is 11.6 Å². The largest absolute Gasteiger partial charge is 0.490 e. The fourth-order valence-corrected chi connectivity index (χ4v) is 9.53. The van der Waals surface area contributed by atoms with E-state index in [1.54, 1.807) is 32.0 Å². The van der Waals surface area contributed by atoms with Crippen LogP contribution in [0.3, 0.4) is 0 Å². The molecule has 1 saturated carbocycles. The molecule has 0 aromatic heterocycles. The smallest absolute Gasteiger partial charge is 0.264 e. The Morgan fingerprint density at radius 1 is 1.09 bits per heavy atom. The Kier molecular flexibility index (Phi) is 8.45. The lowest BCUT2D eigenvalue weighted by molar-refractivity contribution is -0.0448. The number of amides is 1. The zero-order valence-corrected chi connectivity index (χ0v) is 27.4. The zero-order chi connectivity index (χ0) is 31.3. The van der Waals surface area contributed by atoms with Crippen molar-refractivity contribution >= 4 is 33.2 Å². The number of sulfonamides is 1. The maximum Gasteiger partial charge on any atom is 0.264 e. The first-order valence-electron chi connectivity index (χ1n) is 16.0. The number of rotatable bonds is 0. The summed E-state index contributed by atoms with van der Waals surface area (Å²) in [4.78, 5) is 15.7. The summed E-state index contributed by atoms with van der Waals surface area (Å²) >= 11 is 6.41. The molecular formula is C35H43ClN2O5S. The number of nitrogens with one attached hydrogen (secondary N) is 1. The highest BCUT2D eigenvalue weighted by Crippen LogP contribution is 2.48. The number of fused-ring (bicyclic) bond motifs is 4. The highest BCUT2D eigenvalue weighted by Gasteiger charge is 2.48. The molecular weight excluding hydrogens is 596 g/mol. The molecule has 2 aliphatic carbocycles. The van der Waals surface area contributed by atoms with Crippen molar-refractivity contribution in [3.8, 4) is 17.6 Å². The van der Waals surface area contributed by atoms with Crippen LogP contribution in [0.15, 0.2) is 36.4 Å². The van der Waals surface area contributed by atoms with E-state index in [1.807, 2.05) is 13.0 Å². The van der Waals surface area contributed by atoms with Crippen molar-refractivity contribution < 1.29 is 23.1 Å². The van der Waals surface area contributed by atoms with Gasteiger partial charge in [-0.15, -0.1) is 5.92 Å². The molecule has 0 saturated heterocycles. The fraction of sp³-hybridized carbons (Fsp3) is 0.571. The van der Waals surface area contributed by atoms with E-state index >= 15 is 0 Å². The van der Waals surface area contributed by atoms with E-state index in [-0.39, 0.29) is 28.7 Å². The standard InChI is InChI=1S/C35H43ClN2O5S/c1-4-15-35(40)17-5-7-23(2)24(3)44(41,42)37-33(39)26-10-14-32-31(19-26)38(20-27-9-12-30(27)35)21-34(22-43-32)16-6-8-25-18-28(36)11-13-29(25)34/h10-11,13-14,18-19,23-24,27,30,40H,5-9,12,16-17,20-22H2,1-3H3,(H,37,39)/t23-,24+,27-,30+,34-,35+/m0/s1. The average molecular weight is 639 g/mol. The highest BCUT2D eigenvalue weighted by atomic mass is 35.5. The van der Waals surface area contributed by atoms with Crippen LogP contribution in [0.4, 0.5) is 5.69 Å². The molecule has 2 heterocycles. The number of aryl methyl sites for hydroxylation is 1. The Morgan fingerprint density at radius 3 is 2.66 bits per heavy atom. The molecule has 0 radical (unpaired) electrons. The third-order valence-electron chi connectivity index (χ3n) is 10.9. The number of nitrogens with zero attached hydrogens (tertiary/aromatic N) is 1. The maximum absolute atomic E-state index is 13.4. The van der Waals surface area contributed by atoms with Crippen LogP contribution in [0, 0.1) is 29.6 Å². The summed E-state index contributed by atoms with van der Waals surface area (Å²) in [6.45, 7) is 7.14. The Hall–Kier alpha value is -2.73. The zero-order valence-electron chi connectivity index (χ0n) is 25.9. The lowest BCUT2D eigenvalue weighted by atomic mass is 9.63. The summed E-state index contributed by atoms with van der Waals surface area (Å²) in [5.41, 5.74) is 2.13. The number of carbonyl (C=O) groups excluding carboxylic acids is 1. The number of hydrogen-bond acceptors (Lipinski definition) is 6. The quantitative estimate of drug-likeness (QED) is 0.351. The van der Waals surface area contributed by atoms with Crippen LogP contribution < -0.4 is 14.4 Å². The molecule has 2 bridgehead atoms. The molecule has 1 fully saturated rings. The first-order valence-corrected chi connectivity index (χ1v) is 17.9. The van der Waals surface area contributed by atoms with Gasteiger partial charge in [0.1, 0.15) is 11.4 Å². The fourth-order valence-electron chi connectivity index (χ4n) is 8.03. The minimum atomic E-state index is -3.93. The molecule has 2 aromatic rings. The van der Waals surface area contributed by atoms with E-state index in [0.29, 0.717) is 44.7 Å². The second-order valence-electron chi connectivity index (χ2n) is 13.6. The summed E-state index contributed by atoms with van der Waals surface area (Å²) < 4.78 is 35.5. The van der Waals surface area contributed by atoms with Gasteiger partial charge in [-0.25, -0.2) is 13.1 Å². The summed E-state index contributed by atoms with van der Waals surface area (Å²) in [6.07, 6.45) is 6.54. The van der Waals surface area contributed by atoms with Gasteiger partial charge < -0.3 is 14.7 Å². The van der Waals surface area contributed by atoms with Gasteiger partial charge in [0, 0.05) is 35.0 Å². The minimum absolute atomic E-state index is 0.00631. The van der Waals surface area contributed by atoms with Gasteiger partial charge in [-0.2, -0.15) is 0 Å². The monoisotopic (exact) mass is 638 g/mol. The summed E-state index contributed by atoms with van der Waals surface area (Å²) in [5.74, 6) is 6.20. The van der Waals surface area contributed by atoms with Crippen LogP contribution in [0.5, 0.6) is 5.75 Å². The van der Waals surface area contributed by atoms with Crippen LogP contribution in [0.2, 0.25) is 5.02 Å². The summed E-state index contributed by atoms with van der Waals surface area (Å²) in [7, 11) is -3.93. The van der Waals surface area contributed by atoms with Crippen LogP contribution in [0.25, 0.3) is 0 Å². The number of carbonyl (C=O) groups is 1. The molecule has 44 heavy (non-hydrogen) atoms.